The molecule has 0 radical (unpaired) electrons. The zero-order chi connectivity index (χ0) is 15.1. The third kappa shape index (κ3) is 4.77. The lowest BCUT2D eigenvalue weighted by atomic mass is 10.1. The molecule has 114 valence electrons. The van der Waals surface area contributed by atoms with Crippen LogP contribution < -0.4 is 11.1 Å². The molecular weight excluding hydrogens is 266 g/mol. The van der Waals surface area contributed by atoms with Gasteiger partial charge in [0.1, 0.15) is 0 Å². The minimum absolute atomic E-state index is 0.0680. The maximum Gasteiger partial charge on any atom is 0.224 e. The molecular formula is C16H23N3O2. The number of hydrogen-bond donors (Lipinski definition) is 3. The molecule has 2 rings (SSSR count). The summed E-state index contributed by atoms with van der Waals surface area (Å²) in [5.41, 5.74) is 7.08. The van der Waals surface area contributed by atoms with Crippen molar-refractivity contribution in [1.29, 1.82) is 0 Å². The van der Waals surface area contributed by atoms with Gasteiger partial charge in [0, 0.05) is 11.6 Å². The van der Waals surface area contributed by atoms with Crippen molar-refractivity contribution in [2.45, 2.75) is 51.0 Å². The number of nitrogens with two attached hydrogens (primary N) is 1. The Hall–Kier alpha value is -2.04. The normalized spacial score (nSPS) is 17.2. The van der Waals surface area contributed by atoms with Crippen LogP contribution in [0.4, 0.5) is 0 Å². The van der Waals surface area contributed by atoms with E-state index in [0.29, 0.717) is 18.0 Å². The lowest BCUT2D eigenvalue weighted by Gasteiger charge is -2.16. The molecule has 1 aliphatic carbocycles. The molecule has 1 fully saturated rings. The van der Waals surface area contributed by atoms with Crippen molar-refractivity contribution in [2.75, 3.05) is 0 Å². The van der Waals surface area contributed by atoms with Gasteiger partial charge in [-0.2, -0.15) is 0 Å². The van der Waals surface area contributed by atoms with Crippen molar-refractivity contribution in [2.24, 2.45) is 10.9 Å². The van der Waals surface area contributed by atoms with Gasteiger partial charge in [-0.3, -0.25) is 4.79 Å². The standard InChI is InChI=1S/C16H23N3O2/c17-16(19-21)13-9-7-12(8-10-13)11-15(20)18-14-5-3-1-2-4-6-14/h7-10,14,21H,1-6,11H2,(H2,17,19)(H,18,20). The van der Waals surface area contributed by atoms with Gasteiger partial charge in [-0.1, -0.05) is 55.1 Å². The van der Waals surface area contributed by atoms with Gasteiger partial charge < -0.3 is 16.3 Å². The van der Waals surface area contributed by atoms with E-state index in [1.165, 1.54) is 25.7 Å². The van der Waals surface area contributed by atoms with Crippen LogP contribution in [0.2, 0.25) is 0 Å². The highest BCUT2D eigenvalue weighted by Gasteiger charge is 2.14. The van der Waals surface area contributed by atoms with Crippen LogP contribution in [-0.4, -0.2) is 23.0 Å². The average Bonchev–Trinajstić information content (AvgIpc) is 2.75. The summed E-state index contributed by atoms with van der Waals surface area (Å²) in [5.74, 6) is 0.142. The Bertz CT molecular complexity index is 489. The molecule has 0 unspecified atom stereocenters. The van der Waals surface area contributed by atoms with Gasteiger partial charge in [0.25, 0.3) is 0 Å². The van der Waals surface area contributed by atoms with E-state index in [4.69, 9.17) is 10.9 Å². The largest absolute Gasteiger partial charge is 0.409 e. The van der Waals surface area contributed by atoms with Crippen LogP contribution in [-0.2, 0) is 11.2 Å². The number of amides is 1. The summed E-state index contributed by atoms with van der Waals surface area (Å²) in [5, 5.41) is 14.7. The summed E-state index contributed by atoms with van der Waals surface area (Å²) < 4.78 is 0. The molecule has 5 heteroatoms. The summed E-state index contributed by atoms with van der Waals surface area (Å²) >= 11 is 0. The Morgan fingerprint density at radius 2 is 1.81 bits per heavy atom. The van der Waals surface area contributed by atoms with Gasteiger partial charge in [0.05, 0.1) is 6.42 Å². The molecule has 5 nitrogen and oxygen atoms in total. The first-order valence-corrected chi connectivity index (χ1v) is 7.55. The number of hydrogen-bond acceptors (Lipinski definition) is 3. The molecule has 0 saturated heterocycles. The highest BCUT2D eigenvalue weighted by molar-refractivity contribution is 5.97. The summed E-state index contributed by atoms with van der Waals surface area (Å²) in [6.07, 6.45) is 7.53. The van der Waals surface area contributed by atoms with Crippen molar-refractivity contribution >= 4 is 11.7 Å². The molecule has 0 aromatic heterocycles. The number of oxime groups is 1. The first-order chi connectivity index (χ1) is 10.2. The Morgan fingerprint density at radius 1 is 1.19 bits per heavy atom. The van der Waals surface area contributed by atoms with E-state index in [1.807, 2.05) is 12.1 Å². The lowest BCUT2D eigenvalue weighted by molar-refractivity contribution is -0.121. The first kappa shape index (κ1) is 15.4. The van der Waals surface area contributed by atoms with Crippen LogP contribution in [0.1, 0.15) is 49.7 Å². The van der Waals surface area contributed by atoms with Crippen molar-refractivity contribution in [3.8, 4) is 0 Å². The molecule has 4 N–H and O–H groups in total. The molecule has 0 heterocycles. The Labute approximate surface area is 125 Å². The second-order valence-corrected chi connectivity index (χ2v) is 5.61. The lowest BCUT2D eigenvalue weighted by Crippen LogP contribution is -2.35. The van der Waals surface area contributed by atoms with E-state index in [1.54, 1.807) is 12.1 Å². The van der Waals surface area contributed by atoms with Crippen molar-refractivity contribution < 1.29 is 10.0 Å². The van der Waals surface area contributed by atoms with E-state index in [0.717, 1.165) is 18.4 Å². The number of carbonyl (C=O) groups is 1. The van der Waals surface area contributed by atoms with Gasteiger partial charge in [0.15, 0.2) is 5.84 Å². The highest BCUT2D eigenvalue weighted by atomic mass is 16.4. The molecule has 0 bridgehead atoms. The number of nitrogens with one attached hydrogen (secondary N) is 1. The summed E-state index contributed by atoms with van der Waals surface area (Å²) in [7, 11) is 0. The summed E-state index contributed by atoms with van der Waals surface area (Å²) in [6, 6.07) is 7.50. The van der Waals surface area contributed by atoms with Crippen molar-refractivity contribution in [3.05, 3.63) is 35.4 Å². The third-order valence-electron chi connectivity index (χ3n) is 3.94. The van der Waals surface area contributed by atoms with Crippen molar-refractivity contribution in [3.63, 3.8) is 0 Å². The van der Waals surface area contributed by atoms with Gasteiger partial charge in [-0.25, -0.2) is 0 Å². The number of amidine groups is 1. The van der Waals surface area contributed by atoms with E-state index >= 15 is 0 Å². The Morgan fingerprint density at radius 3 is 2.38 bits per heavy atom. The summed E-state index contributed by atoms with van der Waals surface area (Å²) in [6.45, 7) is 0. The van der Waals surface area contributed by atoms with Crippen LogP contribution in [0, 0.1) is 0 Å². The molecule has 0 spiro atoms. The smallest absolute Gasteiger partial charge is 0.224 e. The molecule has 21 heavy (non-hydrogen) atoms. The topological polar surface area (TPSA) is 87.7 Å². The molecule has 1 amide bonds. The van der Waals surface area contributed by atoms with Gasteiger partial charge in [-0.15, -0.1) is 0 Å². The number of benzene rings is 1. The highest BCUT2D eigenvalue weighted by Crippen LogP contribution is 2.17. The van der Waals surface area contributed by atoms with Crippen LogP contribution in [0.25, 0.3) is 0 Å². The second kappa shape index (κ2) is 7.67. The van der Waals surface area contributed by atoms with E-state index < -0.39 is 0 Å². The van der Waals surface area contributed by atoms with E-state index in [-0.39, 0.29) is 11.7 Å². The fourth-order valence-corrected chi connectivity index (χ4v) is 2.74. The average molecular weight is 289 g/mol. The number of carbonyl (C=O) groups excluding carboxylic acids is 1. The van der Waals surface area contributed by atoms with Crippen LogP contribution in [0.3, 0.4) is 0 Å². The van der Waals surface area contributed by atoms with Crippen molar-refractivity contribution in [1.82, 2.24) is 5.32 Å². The summed E-state index contributed by atoms with van der Waals surface area (Å²) in [4.78, 5) is 12.1. The zero-order valence-corrected chi connectivity index (χ0v) is 12.2. The molecule has 1 saturated carbocycles. The van der Waals surface area contributed by atoms with Gasteiger partial charge in [0.2, 0.25) is 5.91 Å². The van der Waals surface area contributed by atoms with Crippen LogP contribution >= 0.6 is 0 Å². The van der Waals surface area contributed by atoms with E-state index in [2.05, 4.69) is 10.5 Å². The maximum absolute atomic E-state index is 12.1. The monoisotopic (exact) mass is 289 g/mol. The molecule has 1 aliphatic rings. The fourth-order valence-electron chi connectivity index (χ4n) is 2.74. The van der Waals surface area contributed by atoms with Crippen LogP contribution in [0.5, 0.6) is 0 Å². The maximum atomic E-state index is 12.1. The fraction of sp³-hybridized carbons (Fsp3) is 0.500. The number of rotatable bonds is 4. The zero-order valence-electron chi connectivity index (χ0n) is 12.2. The molecule has 0 atom stereocenters. The quantitative estimate of drug-likeness (QED) is 0.261. The van der Waals surface area contributed by atoms with Crippen LogP contribution in [0.15, 0.2) is 29.4 Å². The second-order valence-electron chi connectivity index (χ2n) is 5.61. The van der Waals surface area contributed by atoms with Gasteiger partial charge in [-0.05, 0) is 18.4 Å². The number of nitrogens with zero attached hydrogens (tertiary/aromatic N) is 1. The predicted octanol–water partition coefficient (Wildman–Crippen LogP) is 2.16. The SMILES string of the molecule is NC(=NO)c1ccc(CC(=O)NC2CCCCCC2)cc1. The third-order valence-corrected chi connectivity index (χ3v) is 3.94. The minimum atomic E-state index is 0.0680. The molecule has 1 aromatic rings. The minimum Gasteiger partial charge on any atom is -0.409 e. The Balaban J connectivity index is 1.87. The first-order valence-electron chi connectivity index (χ1n) is 7.55. The van der Waals surface area contributed by atoms with Gasteiger partial charge >= 0.3 is 0 Å². The van der Waals surface area contributed by atoms with E-state index in [9.17, 15) is 4.79 Å². The molecule has 0 aliphatic heterocycles. The molecule has 1 aromatic carbocycles. The predicted molar refractivity (Wildman–Crippen MR) is 82.3 cm³/mol. The Kier molecular flexibility index (Phi) is 5.60.